The van der Waals surface area contributed by atoms with E-state index >= 15 is 0 Å². The summed E-state index contributed by atoms with van der Waals surface area (Å²) in [6.45, 7) is 0. The smallest absolute Gasteiger partial charge is 0.0450 e. The van der Waals surface area contributed by atoms with Gasteiger partial charge in [0.05, 0.1) is 0 Å². The van der Waals surface area contributed by atoms with Crippen molar-refractivity contribution in [3.05, 3.63) is 131 Å². The minimum absolute atomic E-state index is 0.592. The number of para-hydroxylation sites is 1. The van der Waals surface area contributed by atoms with Gasteiger partial charge in [-0.2, -0.15) is 0 Å². The van der Waals surface area contributed by atoms with Gasteiger partial charge in [-0.25, -0.2) is 0 Å². The third-order valence-corrected chi connectivity index (χ3v) is 7.04. The fourth-order valence-electron chi connectivity index (χ4n) is 5.62. The fourth-order valence-corrected chi connectivity index (χ4v) is 5.62. The Morgan fingerprint density at radius 3 is 1.97 bits per heavy atom. The van der Waals surface area contributed by atoms with E-state index in [0.29, 0.717) is 12.0 Å². The maximum Gasteiger partial charge on any atom is 0.0450 e. The molecular weight excluding hydrogens is 386 g/mol. The zero-order valence-electron chi connectivity index (χ0n) is 18.2. The Labute approximate surface area is 190 Å². The second-order valence-electron chi connectivity index (χ2n) is 8.92. The van der Waals surface area contributed by atoms with Crippen LogP contribution in [0.4, 0.5) is 11.4 Å². The molecule has 0 aromatic heterocycles. The van der Waals surface area contributed by atoms with E-state index in [-0.39, 0.29) is 0 Å². The molecule has 0 N–H and O–H groups in total. The van der Waals surface area contributed by atoms with Gasteiger partial charge in [0.25, 0.3) is 0 Å². The van der Waals surface area contributed by atoms with E-state index in [9.17, 15) is 0 Å². The van der Waals surface area contributed by atoms with Gasteiger partial charge in [-0.15, -0.1) is 0 Å². The zero-order valence-corrected chi connectivity index (χ0v) is 18.2. The summed E-state index contributed by atoms with van der Waals surface area (Å²) >= 11 is 0. The number of benzene rings is 4. The standard InChI is InChI=1S/C31H27N/c1-4-11-24(12-5-1)28(25-13-6-2-7-14-25)21-23-19-20-31-29(22-23)27-17-10-18-30(27)32(31)26-15-8-3-9-16-26/h1-9,11-16,19-22,27,30H,10,17-18H2/t27-,30-/m0/s1. The Hall–Kier alpha value is -3.58. The maximum absolute atomic E-state index is 2.59. The number of hydrogen-bond acceptors (Lipinski definition) is 1. The molecule has 0 spiro atoms. The van der Waals surface area contributed by atoms with Gasteiger partial charge in [-0.05, 0) is 71.0 Å². The van der Waals surface area contributed by atoms with Gasteiger partial charge in [0.1, 0.15) is 0 Å². The first kappa shape index (κ1) is 19.1. The molecule has 0 unspecified atom stereocenters. The van der Waals surface area contributed by atoms with Gasteiger partial charge < -0.3 is 4.90 Å². The normalized spacial score (nSPS) is 18.8. The van der Waals surface area contributed by atoms with Crippen LogP contribution in [-0.2, 0) is 0 Å². The number of nitrogens with zero attached hydrogens (tertiary/aromatic N) is 1. The maximum atomic E-state index is 2.59. The van der Waals surface area contributed by atoms with Crippen LogP contribution in [0.1, 0.15) is 47.4 Å². The van der Waals surface area contributed by atoms with Crippen LogP contribution in [0.15, 0.2) is 109 Å². The van der Waals surface area contributed by atoms with E-state index in [4.69, 9.17) is 0 Å². The zero-order chi connectivity index (χ0) is 21.3. The monoisotopic (exact) mass is 413 g/mol. The van der Waals surface area contributed by atoms with Gasteiger partial charge in [-0.3, -0.25) is 0 Å². The van der Waals surface area contributed by atoms with E-state index in [1.54, 1.807) is 0 Å². The molecule has 2 atom stereocenters. The van der Waals surface area contributed by atoms with Gasteiger partial charge in [0.15, 0.2) is 0 Å². The molecule has 0 amide bonds. The van der Waals surface area contributed by atoms with E-state index in [2.05, 4.69) is 120 Å². The van der Waals surface area contributed by atoms with Crippen molar-refractivity contribution in [1.29, 1.82) is 0 Å². The van der Waals surface area contributed by atoms with Gasteiger partial charge in [0, 0.05) is 23.3 Å². The number of anilines is 2. The molecule has 0 bridgehead atoms. The topological polar surface area (TPSA) is 3.24 Å². The SMILES string of the molecule is C(=C(c1ccccc1)c1ccccc1)c1ccc2c(c1)[C@@H]1CCC[C@@H]1N2c1ccccc1. The van der Waals surface area contributed by atoms with Crippen LogP contribution in [-0.4, -0.2) is 6.04 Å². The summed E-state index contributed by atoms with van der Waals surface area (Å²) in [5.41, 5.74) is 9.29. The van der Waals surface area contributed by atoms with E-state index < -0.39 is 0 Å². The van der Waals surface area contributed by atoms with Crippen molar-refractivity contribution in [3.8, 4) is 0 Å². The Bertz CT molecular complexity index is 1200. The van der Waals surface area contributed by atoms with Crippen LogP contribution in [0.3, 0.4) is 0 Å². The summed E-state index contributed by atoms with van der Waals surface area (Å²) in [6, 6.07) is 40.1. The van der Waals surface area contributed by atoms with Crippen LogP contribution in [0.25, 0.3) is 11.6 Å². The van der Waals surface area contributed by atoms with Crippen molar-refractivity contribution >= 4 is 23.0 Å². The van der Waals surface area contributed by atoms with E-state index in [1.807, 2.05) is 0 Å². The Morgan fingerprint density at radius 2 is 1.31 bits per heavy atom. The van der Waals surface area contributed by atoms with Gasteiger partial charge in [0.2, 0.25) is 0 Å². The minimum Gasteiger partial charge on any atom is -0.338 e. The lowest BCUT2D eigenvalue weighted by molar-refractivity contribution is 0.642. The Balaban J connectivity index is 1.46. The highest BCUT2D eigenvalue weighted by Crippen LogP contribution is 2.52. The van der Waals surface area contributed by atoms with E-state index in [0.717, 1.165) is 0 Å². The molecule has 1 fully saturated rings. The Kier molecular flexibility index (Phi) is 4.88. The van der Waals surface area contributed by atoms with Crippen molar-refractivity contribution in [2.45, 2.75) is 31.2 Å². The summed E-state index contributed by atoms with van der Waals surface area (Å²) < 4.78 is 0. The third-order valence-electron chi connectivity index (χ3n) is 7.04. The molecule has 2 aliphatic rings. The number of rotatable bonds is 4. The second kappa shape index (κ2) is 8.16. The van der Waals surface area contributed by atoms with Crippen molar-refractivity contribution in [1.82, 2.24) is 0 Å². The lowest BCUT2D eigenvalue weighted by atomic mass is 9.93. The lowest BCUT2D eigenvalue weighted by Gasteiger charge is -2.27. The van der Waals surface area contributed by atoms with Crippen molar-refractivity contribution in [3.63, 3.8) is 0 Å². The molecule has 1 saturated carbocycles. The molecule has 4 aromatic rings. The lowest BCUT2D eigenvalue weighted by Crippen LogP contribution is -2.26. The van der Waals surface area contributed by atoms with Gasteiger partial charge in [-0.1, -0.05) is 91.3 Å². The average Bonchev–Trinajstić information content (AvgIpc) is 3.45. The highest BCUT2D eigenvalue weighted by Gasteiger charge is 2.41. The van der Waals surface area contributed by atoms with Gasteiger partial charge >= 0.3 is 0 Å². The molecule has 156 valence electrons. The molecule has 1 heteroatoms. The second-order valence-corrected chi connectivity index (χ2v) is 8.92. The minimum atomic E-state index is 0.592. The van der Waals surface area contributed by atoms with Crippen molar-refractivity contribution in [2.75, 3.05) is 4.90 Å². The largest absolute Gasteiger partial charge is 0.338 e. The molecule has 4 aromatic carbocycles. The number of fused-ring (bicyclic) bond motifs is 3. The van der Waals surface area contributed by atoms with Crippen LogP contribution in [0.2, 0.25) is 0 Å². The third kappa shape index (κ3) is 3.35. The van der Waals surface area contributed by atoms with Crippen LogP contribution < -0.4 is 4.90 Å². The van der Waals surface area contributed by atoms with Crippen molar-refractivity contribution < 1.29 is 0 Å². The predicted molar refractivity (Wildman–Crippen MR) is 135 cm³/mol. The van der Waals surface area contributed by atoms with Crippen LogP contribution >= 0.6 is 0 Å². The molecule has 0 saturated heterocycles. The number of hydrogen-bond donors (Lipinski definition) is 0. The molecule has 1 aliphatic carbocycles. The summed E-state index contributed by atoms with van der Waals surface area (Å²) in [5, 5.41) is 0. The molecule has 32 heavy (non-hydrogen) atoms. The fraction of sp³-hybridized carbons (Fsp3) is 0.161. The quantitative estimate of drug-likeness (QED) is 0.306. The molecule has 6 rings (SSSR count). The van der Waals surface area contributed by atoms with Crippen LogP contribution in [0.5, 0.6) is 0 Å². The van der Waals surface area contributed by atoms with Crippen LogP contribution in [0, 0.1) is 0 Å². The summed E-state index contributed by atoms with van der Waals surface area (Å²) in [7, 11) is 0. The molecule has 1 nitrogen and oxygen atoms in total. The van der Waals surface area contributed by atoms with E-state index in [1.165, 1.54) is 58.5 Å². The molecule has 0 radical (unpaired) electrons. The first-order chi connectivity index (χ1) is 15.9. The summed E-state index contributed by atoms with van der Waals surface area (Å²) in [4.78, 5) is 2.59. The summed E-state index contributed by atoms with van der Waals surface area (Å²) in [6.07, 6.45) is 6.24. The summed E-state index contributed by atoms with van der Waals surface area (Å²) in [5.74, 6) is 0.635. The highest BCUT2D eigenvalue weighted by molar-refractivity contribution is 5.92. The molecular formula is C31H27N. The first-order valence-corrected chi connectivity index (χ1v) is 11.7. The Morgan fingerprint density at radius 1 is 0.688 bits per heavy atom. The highest BCUT2D eigenvalue weighted by atomic mass is 15.2. The first-order valence-electron chi connectivity index (χ1n) is 11.7. The van der Waals surface area contributed by atoms with Crippen molar-refractivity contribution in [2.24, 2.45) is 0 Å². The molecule has 1 aliphatic heterocycles. The molecule has 1 heterocycles. The predicted octanol–water partition coefficient (Wildman–Crippen LogP) is 8.06. The average molecular weight is 414 g/mol.